The number of likely N-dealkylation sites (N-methyl/N-ethyl adjacent to an activating group) is 1. The first kappa shape index (κ1) is 19.1. The van der Waals surface area contributed by atoms with E-state index in [1.54, 1.807) is 0 Å². The minimum absolute atomic E-state index is 0.104. The van der Waals surface area contributed by atoms with Crippen molar-refractivity contribution in [1.82, 2.24) is 4.31 Å². The molecule has 0 bridgehead atoms. The second kappa shape index (κ2) is 6.60. The quantitative estimate of drug-likeness (QED) is 0.726. The minimum Gasteiger partial charge on any atom is -0.478 e. The van der Waals surface area contributed by atoms with Gasteiger partial charge in [0.05, 0.1) is 34.2 Å². The molecule has 1 aromatic rings. The van der Waals surface area contributed by atoms with Crippen molar-refractivity contribution in [3.63, 3.8) is 0 Å². The van der Waals surface area contributed by atoms with Gasteiger partial charge in [0.2, 0.25) is 10.0 Å². The van der Waals surface area contributed by atoms with Crippen LogP contribution in [0.1, 0.15) is 17.3 Å². The molecule has 0 amide bonds. The van der Waals surface area contributed by atoms with E-state index in [1.807, 2.05) is 0 Å². The van der Waals surface area contributed by atoms with Crippen LogP contribution in [0.4, 0.5) is 0 Å². The molecule has 1 saturated heterocycles. The van der Waals surface area contributed by atoms with E-state index in [0.717, 1.165) is 22.5 Å². The van der Waals surface area contributed by atoms with Gasteiger partial charge < -0.3 is 10.2 Å². The summed E-state index contributed by atoms with van der Waals surface area (Å²) in [5.41, 5.74) is -0.270. The highest BCUT2D eigenvalue weighted by molar-refractivity contribution is 7.92. The number of aliphatic hydroxyl groups is 1. The van der Waals surface area contributed by atoms with Gasteiger partial charge in [0.1, 0.15) is 4.90 Å². The summed E-state index contributed by atoms with van der Waals surface area (Å²) < 4.78 is 49.9. The first-order chi connectivity index (χ1) is 11.0. The molecule has 134 valence electrons. The van der Waals surface area contributed by atoms with Gasteiger partial charge in [-0.25, -0.2) is 21.6 Å². The Balaban J connectivity index is 2.52. The lowest BCUT2D eigenvalue weighted by atomic mass is 10.2. The zero-order valence-corrected chi connectivity index (χ0v) is 15.0. The number of halogens is 1. The Hall–Kier alpha value is -1.20. The lowest BCUT2D eigenvalue weighted by Crippen LogP contribution is -2.46. The molecular formula is C13H16ClNO7S2. The van der Waals surface area contributed by atoms with Crippen LogP contribution in [0, 0.1) is 0 Å². The maximum absolute atomic E-state index is 12.8. The van der Waals surface area contributed by atoms with Gasteiger partial charge >= 0.3 is 5.97 Å². The summed E-state index contributed by atoms with van der Waals surface area (Å²) in [5, 5.41) is 18.8. The van der Waals surface area contributed by atoms with Crippen molar-refractivity contribution in [2.24, 2.45) is 0 Å². The zero-order chi connectivity index (χ0) is 18.3. The van der Waals surface area contributed by atoms with Gasteiger partial charge in [0.25, 0.3) is 0 Å². The SMILES string of the molecule is CCN([C@@H]1CS(=O)(=O)C[C@H]1O)S(=O)(=O)c1cc(C(=O)O)ccc1Cl. The predicted octanol–water partition coefficient (Wildman–Crippen LogP) is 0.207. The highest BCUT2D eigenvalue weighted by atomic mass is 35.5. The van der Waals surface area contributed by atoms with Crippen molar-refractivity contribution >= 4 is 37.4 Å². The van der Waals surface area contributed by atoms with Crippen LogP contribution in [0.3, 0.4) is 0 Å². The topological polar surface area (TPSA) is 129 Å². The molecule has 0 aliphatic carbocycles. The van der Waals surface area contributed by atoms with Crippen molar-refractivity contribution in [2.45, 2.75) is 24.0 Å². The van der Waals surface area contributed by atoms with Crippen LogP contribution in [0.15, 0.2) is 23.1 Å². The highest BCUT2D eigenvalue weighted by Gasteiger charge is 2.44. The number of hydrogen-bond acceptors (Lipinski definition) is 6. The molecule has 2 atom stereocenters. The Morgan fingerprint density at radius 1 is 1.38 bits per heavy atom. The van der Waals surface area contributed by atoms with Crippen molar-refractivity contribution in [2.75, 3.05) is 18.1 Å². The standard InChI is InChI=1S/C13H16ClNO7S2/c1-2-15(10-6-23(19,20)7-11(10)16)24(21,22)12-5-8(13(17)18)3-4-9(12)14/h3-5,10-11,16H,2,6-7H2,1H3,(H,17,18)/t10-,11-/m1/s1. The summed E-state index contributed by atoms with van der Waals surface area (Å²) in [6.07, 6.45) is -1.36. The van der Waals surface area contributed by atoms with Crippen molar-refractivity contribution in [1.29, 1.82) is 0 Å². The second-order valence-corrected chi connectivity index (χ2v) is 9.79. The van der Waals surface area contributed by atoms with E-state index >= 15 is 0 Å². The molecule has 2 N–H and O–H groups in total. The molecule has 1 heterocycles. The van der Waals surface area contributed by atoms with Gasteiger partial charge in [-0.3, -0.25) is 0 Å². The van der Waals surface area contributed by atoms with E-state index in [0.29, 0.717) is 0 Å². The van der Waals surface area contributed by atoms with E-state index in [2.05, 4.69) is 0 Å². The molecule has 1 aliphatic rings. The minimum atomic E-state index is -4.29. The van der Waals surface area contributed by atoms with Crippen molar-refractivity contribution in [3.8, 4) is 0 Å². The molecule has 1 aromatic carbocycles. The number of hydrogen-bond donors (Lipinski definition) is 2. The number of aromatic carboxylic acids is 1. The molecule has 2 rings (SSSR count). The molecule has 1 aliphatic heterocycles. The molecule has 1 fully saturated rings. The second-order valence-electron chi connectivity index (χ2n) is 5.37. The maximum atomic E-state index is 12.8. The zero-order valence-electron chi connectivity index (χ0n) is 12.6. The van der Waals surface area contributed by atoms with Crippen LogP contribution in [-0.4, -0.2) is 67.5 Å². The van der Waals surface area contributed by atoms with Gasteiger partial charge in [0, 0.05) is 6.54 Å². The fourth-order valence-corrected chi connectivity index (χ4v) is 6.69. The smallest absolute Gasteiger partial charge is 0.335 e. The van der Waals surface area contributed by atoms with Crippen LogP contribution in [0.25, 0.3) is 0 Å². The van der Waals surface area contributed by atoms with Gasteiger partial charge in [-0.15, -0.1) is 0 Å². The Morgan fingerprint density at radius 3 is 2.46 bits per heavy atom. The maximum Gasteiger partial charge on any atom is 0.335 e. The van der Waals surface area contributed by atoms with Crippen LogP contribution < -0.4 is 0 Å². The lowest BCUT2D eigenvalue weighted by Gasteiger charge is -2.28. The number of rotatable bonds is 5. The largest absolute Gasteiger partial charge is 0.478 e. The summed E-state index contributed by atoms with van der Waals surface area (Å²) >= 11 is 5.91. The monoisotopic (exact) mass is 397 g/mol. The Labute approximate surface area is 144 Å². The molecule has 24 heavy (non-hydrogen) atoms. The molecule has 11 heteroatoms. The normalized spacial score (nSPS) is 23.5. The number of carboxylic acids is 1. The fraction of sp³-hybridized carbons (Fsp3) is 0.462. The fourth-order valence-electron chi connectivity index (χ4n) is 2.63. The van der Waals surface area contributed by atoms with Crippen LogP contribution >= 0.6 is 11.6 Å². The number of sulfonamides is 1. The summed E-state index contributed by atoms with van der Waals surface area (Å²) in [5.74, 6) is -2.35. The van der Waals surface area contributed by atoms with Gasteiger partial charge in [-0.2, -0.15) is 4.31 Å². The van der Waals surface area contributed by atoms with E-state index in [9.17, 15) is 26.7 Å². The van der Waals surface area contributed by atoms with E-state index in [1.165, 1.54) is 6.92 Å². The number of aliphatic hydroxyl groups excluding tert-OH is 1. The molecule has 0 radical (unpaired) electrons. The molecular weight excluding hydrogens is 382 g/mol. The van der Waals surface area contributed by atoms with Crippen LogP contribution in [0.2, 0.25) is 5.02 Å². The lowest BCUT2D eigenvalue weighted by molar-refractivity contribution is 0.0696. The number of sulfone groups is 1. The summed E-state index contributed by atoms with van der Waals surface area (Å²) in [4.78, 5) is 10.6. The Bertz CT molecular complexity index is 866. The van der Waals surface area contributed by atoms with Crippen molar-refractivity contribution < 1.29 is 31.8 Å². The first-order valence-electron chi connectivity index (χ1n) is 6.93. The average molecular weight is 398 g/mol. The third-order valence-electron chi connectivity index (χ3n) is 3.74. The molecule has 0 spiro atoms. The average Bonchev–Trinajstić information content (AvgIpc) is 2.72. The Kier molecular flexibility index (Phi) is 5.26. The third kappa shape index (κ3) is 3.57. The first-order valence-corrected chi connectivity index (χ1v) is 10.6. The number of carbonyl (C=O) groups is 1. The number of benzene rings is 1. The highest BCUT2D eigenvalue weighted by Crippen LogP contribution is 2.30. The summed E-state index contributed by atoms with van der Waals surface area (Å²) in [6, 6.07) is 2.08. The van der Waals surface area contributed by atoms with Crippen LogP contribution in [-0.2, 0) is 19.9 Å². The van der Waals surface area contributed by atoms with E-state index < -0.39 is 54.4 Å². The molecule has 0 unspecified atom stereocenters. The summed E-state index contributed by atoms with van der Waals surface area (Å²) in [7, 11) is -7.85. The molecule has 0 saturated carbocycles. The van der Waals surface area contributed by atoms with E-state index in [-0.39, 0.29) is 17.1 Å². The van der Waals surface area contributed by atoms with Crippen molar-refractivity contribution in [3.05, 3.63) is 28.8 Å². The van der Waals surface area contributed by atoms with E-state index in [4.69, 9.17) is 16.7 Å². The van der Waals surface area contributed by atoms with Gasteiger partial charge in [0.15, 0.2) is 9.84 Å². The van der Waals surface area contributed by atoms with Crippen LogP contribution in [0.5, 0.6) is 0 Å². The number of nitrogens with zero attached hydrogens (tertiary/aromatic N) is 1. The van der Waals surface area contributed by atoms with Gasteiger partial charge in [-0.05, 0) is 18.2 Å². The predicted molar refractivity (Wildman–Crippen MR) is 86.4 cm³/mol. The number of carboxylic acid groups (broad SMARTS) is 1. The van der Waals surface area contributed by atoms with Gasteiger partial charge in [-0.1, -0.05) is 18.5 Å². The summed E-state index contributed by atoms with van der Waals surface area (Å²) in [6.45, 7) is 1.39. The molecule has 8 nitrogen and oxygen atoms in total. The third-order valence-corrected chi connectivity index (χ3v) is 7.92. The molecule has 0 aromatic heterocycles. The Morgan fingerprint density at radius 2 is 2.00 bits per heavy atom.